The first kappa shape index (κ1) is 22.1. The smallest absolute Gasteiger partial charge is 0.253 e. The van der Waals surface area contributed by atoms with E-state index in [1.165, 1.54) is 0 Å². The summed E-state index contributed by atoms with van der Waals surface area (Å²) in [4.78, 5) is 33.5. The third kappa shape index (κ3) is 5.77. The van der Waals surface area contributed by atoms with Gasteiger partial charge >= 0.3 is 0 Å². The quantitative estimate of drug-likeness (QED) is 0.633. The van der Waals surface area contributed by atoms with Crippen molar-refractivity contribution in [2.75, 3.05) is 36.4 Å². The Labute approximate surface area is 193 Å². The highest BCUT2D eigenvalue weighted by Crippen LogP contribution is 2.19. The van der Waals surface area contributed by atoms with Gasteiger partial charge in [0.25, 0.3) is 5.91 Å². The van der Waals surface area contributed by atoms with E-state index in [1.807, 2.05) is 39.9 Å². The Morgan fingerprint density at radius 2 is 1.91 bits per heavy atom. The third-order valence-corrected chi connectivity index (χ3v) is 5.69. The number of nitrogens with one attached hydrogen (secondary N) is 1. The summed E-state index contributed by atoms with van der Waals surface area (Å²) >= 11 is 0. The van der Waals surface area contributed by atoms with Gasteiger partial charge in [0.1, 0.15) is 0 Å². The Kier molecular flexibility index (Phi) is 7.00. The summed E-state index contributed by atoms with van der Waals surface area (Å²) in [6, 6.07) is 16.8. The molecule has 0 bridgehead atoms. The fourth-order valence-corrected chi connectivity index (χ4v) is 3.91. The second-order valence-electron chi connectivity index (χ2n) is 7.97. The third-order valence-electron chi connectivity index (χ3n) is 5.69. The van der Waals surface area contributed by atoms with Crippen LogP contribution in [0.3, 0.4) is 0 Å². The minimum Gasteiger partial charge on any atom is -0.370 e. The fraction of sp³-hybridized carbons (Fsp3) is 0.280. The van der Waals surface area contributed by atoms with Crippen molar-refractivity contribution in [1.29, 1.82) is 5.26 Å². The summed E-state index contributed by atoms with van der Waals surface area (Å²) in [5.74, 6) is -0.146. The maximum atomic E-state index is 13.1. The number of hydrogen-bond donors (Lipinski definition) is 1. The Morgan fingerprint density at radius 1 is 1.06 bits per heavy atom. The summed E-state index contributed by atoms with van der Waals surface area (Å²) in [5.41, 5.74) is 2.88. The molecule has 1 fully saturated rings. The van der Waals surface area contributed by atoms with Crippen LogP contribution in [0.2, 0.25) is 0 Å². The Hall–Kier alpha value is -4.12. The molecular formula is C25H26N6O2. The standard InChI is InChI=1S/C25H26N6O2/c26-18-20-5-7-23(8-6-20)30-11-2-12-31(16-15-30)25(33)21-3-1-4-22(17-21)28-24(32)9-13-29-14-10-27-19-29/h1,3-8,10,14,17,19H,2,9,11-13,15-16H2,(H,28,32). The van der Waals surface area contributed by atoms with Crippen LogP contribution in [0.25, 0.3) is 0 Å². The van der Waals surface area contributed by atoms with Crippen LogP contribution >= 0.6 is 0 Å². The molecule has 2 aromatic carbocycles. The molecule has 1 saturated heterocycles. The van der Waals surface area contributed by atoms with E-state index in [0.717, 1.165) is 25.2 Å². The van der Waals surface area contributed by atoms with E-state index < -0.39 is 0 Å². The van der Waals surface area contributed by atoms with Gasteiger partial charge in [-0.25, -0.2) is 4.98 Å². The number of hydrogen-bond acceptors (Lipinski definition) is 5. The highest BCUT2D eigenvalue weighted by atomic mass is 16.2. The molecule has 3 aromatic rings. The van der Waals surface area contributed by atoms with Crippen molar-refractivity contribution in [1.82, 2.24) is 14.5 Å². The molecule has 33 heavy (non-hydrogen) atoms. The normalized spacial score (nSPS) is 13.8. The van der Waals surface area contributed by atoms with Crippen molar-refractivity contribution in [3.63, 3.8) is 0 Å². The van der Waals surface area contributed by atoms with Crippen molar-refractivity contribution < 1.29 is 9.59 Å². The van der Waals surface area contributed by atoms with Crippen LogP contribution in [-0.4, -0.2) is 52.4 Å². The molecular weight excluding hydrogens is 416 g/mol. The summed E-state index contributed by atoms with van der Waals surface area (Å²) < 4.78 is 1.85. The lowest BCUT2D eigenvalue weighted by atomic mass is 10.1. The predicted molar refractivity (Wildman–Crippen MR) is 126 cm³/mol. The van der Waals surface area contributed by atoms with Crippen LogP contribution in [0.15, 0.2) is 67.3 Å². The molecule has 0 spiro atoms. The number of nitrogens with zero attached hydrogens (tertiary/aromatic N) is 5. The van der Waals surface area contributed by atoms with Crippen molar-refractivity contribution in [3.8, 4) is 6.07 Å². The van der Waals surface area contributed by atoms with E-state index in [-0.39, 0.29) is 11.8 Å². The topological polar surface area (TPSA) is 94.3 Å². The number of carbonyl (C=O) groups is 2. The number of aryl methyl sites for hydroxylation is 1. The average molecular weight is 443 g/mol. The molecule has 1 N–H and O–H groups in total. The molecule has 2 heterocycles. The summed E-state index contributed by atoms with van der Waals surface area (Å²) in [6.07, 6.45) is 6.36. The zero-order chi connectivity index (χ0) is 23.0. The minimum atomic E-state index is -0.110. The van der Waals surface area contributed by atoms with Crippen LogP contribution in [-0.2, 0) is 11.3 Å². The molecule has 168 valence electrons. The van der Waals surface area contributed by atoms with E-state index in [2.05, 4.69) is 21.3 Å². The van der Waals surface area contributed by atoms with Crippen molar-refractivity contribution >= 4 is 23.2 Å². The Balaban J connectivity index is 1.34. The number of carbonyl (C=O) groups excluding carboxylic acids is 2. The van der Waals surface area contributed by atoms with Gasteiger partial charge in [0, 0.05) is 68.5 Å². The lowest BCUT2D eigenvalue weighted by molar-refractivity contribution is -0.116. The van der Waals surface area contributed by atoms with E-state index in [4.69, 9.17) is 5.26 Å². The second-order valence-corrected chi connectivity index (χ2v) is 7.97. The molecule has 1 aliphatic rings. The van der Waals surface area contributed by atoms with Gasteiger partial charge in [-0.2, -0.15) is 5.26 Å². The SMILES string of the molecule is N#Cc1ccc(N2CCCN(C(=O)c3cccc(NC(=O)CCn4ccnc4)c3)CC2)cc1. The van der Waals surface area contributed by atoms with Crippen LogP contribution in [0, 0.1) is 11.3 Å². The zero-order valence-corrected chi connectivity index (χ0v) is 18.4. The molecule has 1 aliphatic heterocycles. The summed E-state index contributed by atoms with van der Waals surface area (Å²) in [7, 11) is 0. The zero-order valence-electron chi connectivity index (χ0n) is 18.4. The minimum absolute atomic E-state index is 0.0359. The molecule has 2 amide bonds. The molecule has 8 heteroatoms. The molecule has 0 aliphatic carbocycles. The highest BCUT2D eigenvalue weighted by molar-refractivity contribution is 5.97. The van der Waals surface area contributed by atoms with Crippen molar-refractivity contribution in [2.45, 2.75) is 19.4 Å². The lowest BCUT2D eigenvalue weighted by Gasteiger charge is -2.24. The van der Waals surface area contributed by atoms with Gasteiger partial charge in [0.15, 0.2) is 0 Å². The number of imidazole rings is 1. The van der Waals surface area contributed by atoms with Gasteiger partial charge in [0.05, 0.1) is 18.0 Å². The van der Waals surface area contributed by atoms with E-state index in [1.54, 1.807) is 36.8 Å². The van der Waals surface area contributed by atoms with Crippen LogP contribution in [0.4, 0.5) is 11.4 Å². The average Bonchev–Trinajstić information content (AvgIpc) is 3.25. The summed E-state index contributed by atoms with van der Waals surface area (Å²) in [6.45, 7) is 3.41. The number of nitriles is 1. The van der Waals surface area contributed by atoms with Crippen LogP contribution in [0.1, 0.15) is 28.8 Å². The van der Waals surface area contributed by atoms with E-state index in [9.17, 15) is 9.59 Å². The number of rotatable bonds is 6. The van der Waals surface area contributed by atoms with E-state index in [0.29, 0.717) is 42.9 Å². The van der Waals surface area contributed by atoms with Gasteiger partial charge in [-0.1, -0.05) is 6.07 Å². The van der Waals surface area contributed by atoms with Gasteiger partial charge < -0.3 is 19.7 Å². The Bertz CT molecular complexity index is 1130. The molecule has 0 unspecified atom stereocenters. The molecule has 0 atom stereocenters. The van der Waals surface area contributed by atoms with Gasteiger partial charge in [-0.05, 0) is 48.9 Å². The maximum absolute atomic E-state index is 13.1. The molecule has 0 radical (unpaired) electrons. The number of anilines is 2. The number of amides is 2. The first-order chi connectivity index (χ1) is 16.1. The van der Waals surface area contributed by atoms with Gasteiger partial charge in [0.2, 0.25) is 5.91 Å². The maximum Gasteiger partial charge on any atom is 0.253 e. The fourth-order valence-electron chi connectivity index (χ4n) is 3.91. The number of benzene rings is 2. The molecule has 4 rings (SSSR count). The largest absolute Gasteiger partial charge is 0.370 e. The van der Waals surface area contributed by atoms with Gasteiger partial charge in [-0.15, -0.1) is 0 Å². The first-order valence-corrected chi connectivity index (χ1v) is 11.0. The summed E-state index contributed by atoms with van der Waals surface area (Å²) in [5, 5.41) is 11.9. The van der Waals surface area contributed by atoms with Gasteiger partial charge in [-0.3, -0.25) is 9.59 Å². The number of aromatic nitrogens is 2. The van der Waals surface area contributed by atoms with Crippen molar-refractivity contribution in [3.05, 3.63) is 78.4 Å². The monoisotopic (exact) mass is 442 g/mol. The predicted octanol–water partition coefficient (Wildman–Crippen LogP) is 3.14. The second kappa shape index (κ2) is 10.5. The highest BCUT2D eigenvalue weighted by Gasteiger charge is 2.21. The van der Waals surface area contributed by atoms with Crippen molar-refractivity contribution in [2.24, 2.45) is 0 Å². The van der Waals surface area contributed by atoms with Crippen LogP contribution in [0.5, 0.6) is 0 Å². The Morgan fingerprint density at radius 3 is 2.67 bits per heavy atom. The van der Waals surface area contributed by atoms with E-state index >= 15 is 0 Å². The lowest BCUT2D eigenvalue weighted by Crippen LogP contribution is -2.35. The molecule has 1 aromatic heterocycles. The molecule has 0 saturated carbocycles. The van der Waals surface area contributed by atoms with Crippen LogP contribution < -0.4 is 10.2 Å². The first-order valence-electron chi connectivity index (χ1n) is 11.0. The molecule has 8 nitrogen and oxygen atoms in total.